The zero-order valence-electron chi connectivity index (χ0n) is 9.53. The van der Waals surface area contributed by atoms with Crippen molar-refractivity contribution in [2.75, 3.05) is 0 Å². The van der Waals surface area contributed by atoms with Gasteiger partial charge in [0.2, 0.25) is 0 Å². The van der Waals surface area contributed by atoms with Gasteiger partial charge in [0.05, 0.1) is 11.3 Å². The largest absolute Gasteiger partial charge is 0.478 e. The first-order valence-electron chi connectivity index (χ1n) is 4.70. The van der Waals surface area contributed by atoms with Crippen LogP contribution in [0.25, 0.3) is 5.57 Å². The Kier molecular flexibility index (Phi) is 2.71. The highest BCUT2D eigenvalue weighted by Gasteiger charge is 2.25. The zero-order valence-corrected chi connectivity index (χ0v) is 9.53. The molecule has 0 saturated carbocycles. The van der Waals surface area contributed by atoms with E-state index < -0.39 is 5.97 Å². The summed E-state index contributed by atoms with van der Waals surface area (Å²) >= 11 is 0. The van der Waals surface area contributed by atoms with E-state index in [2.05, 4.69) is 11.7 Å². The fourth-order valence-electron chi connectivity index (χ4n) is 1.38. The molecule has 1 N–H and O–H groups in total. The summed E-state index contributed by atoms with van der Waals surface area (Å²) in [5.74, 6) is -1.01. The summed E-state index contributed by atoms with van der Waals surface area (Å²) in [5, 5.41) is 13.2. The van der Waals surface area contributed by atoms with Crippen LogP contribution in [0.3, 0.4) is 0 Å². The summed E-state index contributed by atoms with van der Waals surface area (Å²) in [5.41, 5.74) is 1.28. The van der Waals surface area contributed by atoms with Crippen molar-refractivity contribution in [1.82, 2.24) is 9.78 Å². The minimum Gasteiger partial charge on any atom is -0.478 e. The molecule has 1 heterocycles. The van der Waals surface area contributed by atoms with E-state index in [1.54, 1.807) is 17.9 Å². The lowest BCUT2D eigenvalue weighted by Gasteiger charge is -2.17. The van der Waals surface area contributed by atoms with E-state index in [4.69, 9.17) is 5.11 Å². The zero-order chi connectivity index (χ0) is 11.8. The van der Waals surface area contributed by atoms with Crippen molar-refractivity contribution >= 4 is 11.5 Å². The van der Waals surface area contributed by atoms with Crippen LogP contribution in [0.5, 0.6) is 0 Å². The van der Waals surface area contributed by atoms with Gasteiger partial charge in [0, 0.05) is 24.2 Å². The number of hydrogen-bond acceptors (Lipinski definition) is 2. The number of aryl methyl sites for hydroxylation is 1. The Morgan fingerprint density at radius 2 is 2.07 bits per heavy atom. The van der Waals surface area contributed by atoms with Crippen molar-refractivity contribution in [2.45, 2.75) is 26.2 Å². The predicted molar refractivity (Wildman–Crippen MR) is 58.6 cm³/mol. The second-order valence-electron chi connectivity index (χ2n) is 4.60. The van der Waals surface area contributed by atoms with Gasteiger partial charge in [-0.25, -0.2) is 4.79 Å². The molecular weight excluding hydrogens is 192 g/mol. The summed E-state index contributed by atoms with van der Waals surface area (Å²) in [6.07, 6.45) is 1.69. The minimum atomic E-state index is -1.01. The first kappa shape index (κ1) is 11.5. The second-order valence-corrected chi connectivity index (χ2v) is 4.60. The Morgan fingerprint density at radius 1 is 1.53 bits per heavy atom. The molecule has 1 aromatic rings. The molecule has 0 aliphatic carbocycles. The molecule has 4 heteroatoms. The highest BCUT2D eigenvalue weighted by Crippen LogP contribution is 2.28. The Balaban J connectivity index is 3.30. The molecular formula is C11H16N2O2. The monoisotopic (exact) mass is 208 g/mol. The fraction of sp³-hybridized carbons (Fsp3) is 0.455. The number of hydrogen-bond donors (Lipinski definition) is 1. The SMILES string of the molecule is C=C(C(=O)O)c1cn(C)nc1C(C)(C)C. The topological polar surface area (TPSA) is 55.1 Å². The molecule has 0 aromatic carbocycles. The van der Waals surface area contributed by atoms with E-state index in [-0.39, 0.29) is 11.0 Å². The van der Waals surface area contributed by atoms with E-state index in [0.29, 0.717) is 5.56 Å². The van der Waals surface area contributed by atoms with Crippen molar-refractivity contribution in [1.29, 1.82) is 0 Å². The van der Waals surface area contributed by atoms with Crippen LogP contribution in [0.15, 0.2) is 12.8 Å². The molecule has 0 saturated heterocycles. The fourth-order valence-corrected chi connectivity index (χ4v) is 1.38. The molecule has 0 unspecified atom stereocenters. The van der Waals surface area contributed by atoms with Crippen LogP contribution in [-0.4, -0.2) is 20.9 Å². The van der Waals surface area contributed by atoms with Crippen LogP contribution in [0.4, 0.5) is 0 Å². The van der Waals surface area contributed by atoms with Crippen molar-refractivity contribution in [3.63, 3.8) is 0 Å². The Morgan fingerprint density at radius 3 is 2.47 bits per heavy atom. The number of carboxylic acid groups (broad SMARTS) is 1. The standard InChI is InChI=1S/C11H16N2O2/c1-7(10(14)15)8-6-13(5)12-9(8)11(2,3)4/h6H,1H2,2-5H3,(H,14,15). The minimum absolute atomic E-state index is 0.0908. The lowest BCUT2D eigenvalue weighted by Crippen LogP contribution is -2.15. The third kappa shape index (κ3) is 2.26. The highest BCUT2D eigenvalue weighted by atomic mass is 16.4. The maximum absolute atomic E-state index is 10.9. The Labute approximate surface area is 89.2 Å². The maximum Gasteiger partial charge on any atom is 0.335 e. The molecule has 82 valence electrons. The highest BCUT2D eigenvalue weighted by molar-refractivity contribution is 6.14. The quantitative estimate of drug-likeness (QED) is 0.754. The van der Waals surface area contributed by atoms with Crippen LogP contribution in [-0.2, 0) is 17.3 Å². The molecule has 0 aliphatic heterocycles. The average molecular weight is 208 g/mol. The van der Waals surface area contributed by atoms with Crippen molar-refractivity contribution in [2.24, 2.45) is 7.05 Å². The molecule has 1 aromatic heterocycles. The predicted octanol–water partition coefficient (Wildman–Crippen LogP) is 1.82. The van der Waals surface area contributed by atoms with E-state index in [0.717, 1.165) is 5.69 Å². The third-order valence-corrected chi connectivity index (χ3v) is 2.12. The van der Waals surface area contributed by atoms with Crippen LogP contribution >= 0.6 is 0 Å². The first-order valence-corrected chi connectivity index (χ1v) is 4.70. The van der Waals surface area contributed by atoms with Gasteiger partial charge in [-0.05, 0) is 0 Å². The molecule has 0 atom stereocenters. The van der Waals surface area contributed by atoms with Crippen molar-refractivity contribution in [3.8, 4) is 0 Å². The number of carboxylic acids is 1. The molecule has 0 spiro atoms. The number of aliphatic carboxylic acids is 1. The van der Waals surface area contributed by atoms with Gasteiger partial charge < -0.3 is 5.11 Å². The van der Waals surface area contributed by atoms with Crippen LogP contribution in [0, 0.1) is 0 Å². The van der Waals surface area contributed by atoms with Gasteiger partial charge in [-0.1, -0.05) is 27.4 Å². The van der Waals surface area contributed by atoms with Gasteiger partial charge in [-0.2, -0.15) is 5.10 Å². The van der Waals surface area contributed by atoms with Crippen LogP contribution in [0.1, 0.15) is 32.0 Å². The number of nitrogens with zero attached hydrogens (tertiary/aromatic N) is 2. The lowest BCUT2D eigenvalue weighted by atomic mass is 9.88. The van der Waals surface area contributed by atoms with E-state index in [1.165, 1.54) is 0 Å². The van der Waals surface area contributed by atoms with E-state index in [1.807, 2.05) is 20.8 Å². The van der Waals surface area contributed by atoms with Gasteiger partial charge in [0.1, 0.15) is 0 Å². The summed E-state index contributed by atoms with van der Waals surface area (Å²) in [7, 11) is 1.77. The van der Waals surface area contributed by atoms with Gasteiger partial charge in [0.15, 0.2) is 0 Å². The van der Waals surface area contributed by atoms with E-state index in [9.17, 15) is 4.79 Å². The first-order chi connectivity index (χ1) is 6.73. The Hall–Kier alpha value is -1.58. The van der Waals surface area contributed by atoms with Gasteiger partial charge in [-0.3, -0.25) is 4.68 Å². The van der Waals surface area contributed by atoms with Crippen molar-refractivity contribution < 1.29 is 9.90 Å². The number of carbonyl (C=O) groups is 1. The van der Waals surface area contributed by atoms with E-state index >= 15 is 0 Å². The molecule has 0 amide bonds. The van der Waals surface area contributed by atoms with Gasteiger partial charge in [0.25, 0.3) is 0 Å². The number of rotatable bonds is 2. The molecule has 0 bridgehead atoms. The lowest BCUT2D eigenvalue weighted by molar-refractivity contribution is -0.130. The van der Waals surface area contributed by atoms with Crippen molar-refractivity contribution in [3.05, 3.63) is 24.0 Å². The molecule has 1 rings (SSSR count). The Bertz CT molecular complexity index is 411. The van der Waals surface area contributed by atoms with Crippen LogP contribution < -0.4 is 0 Å². The third-order valence-electron chi connectivity index (χ3n) is 2.12. The maximum atomic E-state index is 10.9. The summed E-state index contributed by atoms with van der Waals surface area (Å²) in [4.78, 5) is 10.9. The summed E-state index contributed by atoms with van der Waals surface area (Å²) < 4.78 is 1.62. The average Bonchev–Trinajstić information content (AvgIpc) is 2.44. The normalized spacial score (nSPS) is 11.5. The summed E-state index contributed by atoms with van der Waals surface area (Å²) in [6, 6.07) is 0. The molecule has 0 aliphatic rings. The second kappa shape index (κ2) is 3.53. The summed E-state index contributed by atoms with van der Waals surface area (Å²) in [6.45, 7) is 9.54. The molecule has 0 radical (unpaired) electrons. The molecule has 4 nitrogen and oxygen atoms in total. The van der Waals surface area contributed by atoms with Gasteiger partial charge in [-0.15, -0.1) is 0 Å². The molecule has 15 heavy (non-hydrogen) atoms. The molecule has 0 fully saturated rings. The van der Waals surface area contributed by atoms with Crippen LogP contribution in [0.2, 0.25) is 0 Å². The number of aromatic nitrogens is 2. The smallest absolute Gasteiger partial charge is 0.335 e. The van der Waals surface area contributed by atoms with Gasteiger partial charge >= 0.3 is 5.97 Å².